The highest BCUT2D eigenvalue weighted by molar-refractivity contribution is 6.31. The summed E-state index contributed by atoms with van der Waals surface area (Å²) < 4.78 is 5.30. The summed E-state index contributed by atoms with van der Waals surface area (Å²) >= 11 is 6.19. The topological polar surface area (TPSA) is 38.3 Å². The molecule has 1 N–H and O–H groups in total. The van der Waals surface area contributed by atoms with Crippen molar-refractivity contribution < 1.29 is 9.53 Å². The molecule has 2 rings (SSSR count). The van der Waals surface area contributed by atoms with Gasteiger partial charge in [0.1, 0.15) is 0 Å². The number of esters is 1. The Bertz CT molecular complexity index is 434. The molecule has 0 radical (unpaired) electrons. The zero-order valence-corrected chi connectivity index (χ0v) is 11.4. The van der Waals surface area contributed by atoms with Crippen LogP contribution in [0.1, 0.15) is 31.9 Å². The van der Waals surface area contributed by atoms with Crippen molar-refractivity contribution in [2.24, 2.45) is 5.92 Å². The van der Waals surface area contributed by atoms with Crippen molar-refractivity contribution >= 4 is 17.6 Å². The highest BCUT2D eigenvalue weighted by atomic mass is 35.5. The molecule has 0 saturated carbocycles. The van der Waals surface area contributed by atoms with E-state index in [1.165, 1.54) is 0 Å². The maximum absolute atomic E-state index is 12.0. The molecule has 1 heterocycles. The molecule has 4 heteroatoms. The number of hydrogen-bond donors (Lipinski definition) is 1. The van der Waals surface area contributed by atoms with E-state index in [1.54, 1.807) is 0 Å². The van der Waals surface area contributed by atoms with Gasteiger partial charge in [0.2, 0.25) is 0 Å². The first-order valence-corrected chi connectivity index (χ1v) is 6.65. The summed E-state index contributed by atoms with van der Waals surface area (Å²) in [6.07, 6.45) is 0.714. The van der Waals surface area contributed by atoms with Crippen molar-refractivity contribution in [1.29, 1.82) is 0 Å². The lowest BCUT2D eigenvalue weighted by Crippen LogP contribution is -2.27. The van der Waals surface area contributed by atoms with Crippen LogP contribution in [-0.4, -0.2) is 18.6 Å². The second-order valence-electron chi connectivity index (χ2n) is 4.83. The number of carbonyl (C=O) groups excluding carboxylic acids is 1. The average Bonchev–Trinajstić information content (AvgIpc) is 2.77. The van der Waals surface area contributed by atoms with Crippen LogP contribution in [0, 0.1) is 5.92 Å². The predicted octanol–water partition coefficient (Wildman–Crippen LogP) is 2.94. The summed E-state index contributed by atoms with van der Waals surface area (Å²) in [5.74, 6) is -0.285. The molecule has 1 saturated heterocycles. The van der Waals surface area contributed by atoms with E-state index in [4.69, 9.17) is 16.3 Å². The van der Waals surface area contributed by atoms with Crippen molar-refractivity contribution in [3.63, 3.8) is 0 Å². The first kappa shape index (κ1) is 13.4. The van der Waals surface area contributed by atoms with Gasteiger partial charge >= 0.3 is 5.97 Å². The van der Waals surface area contributed by atoms with Gasteiger partial charge in [-0.1, -0.05) is 29.8 Å². The summed E-state index contributed by atoms with van der Waals surface area (Å²) in [7, 11) is 0. The SMILES string of the molecule is CC(C)OC(=O)[C@H]1CCNC1c1ccccc1Cl. The van der Waals surface area contributed by atoms with Crippen LogP contribution in [0.2, 0.25) is 5.02 Å². The van der Waals surface area contributed by atoms with E-state index in [1.807, 2.05) is 38.1 Å². The third kappa shape index (κ3) is 2.85. The maximum Gasteiger partial charge on any atom is 0.311 e. The fourth-order valence-corrected chi connectivity index (χ4v) is 2.58. The summed E-state index contributed by atoms with van der Waals surface area (Å²) in [5.41, 5.74) is 0.974. The van der Waals surface area contributed by atoms with Gasteiger partial charge in [-0.15, -0.1) is 0 Å². The first-order valence-electron chi connectivity index (χ1n) is 6.28. The molecule has 1 fully saturated rings. The monoisotopic (exact) mass is 267 g/mol. The summed E-state index contributed by atoms with van der Waals surface area (Å²) in [5, 5.41) is 4.03. The minimum Gasteiger partial charge on any atom is -0.463 e. The number of ether oxygens (including phenoxy) is 1. The lowest BCUT2D eigenvalue weighted by atomic mass is 9.94. The molecule has 0 spiro atoms. The molecule has 1 aliphatic heterocycles. The minimum atomic E-state index is -0.146. The standard InChI is InChI=1S/C14H18ClNO2/c1-9(2)18-14(17)11-7-8-16-13(11)10-5-3-4-6-12(10)15/h3-6,9,11,13,16H,7-8H2,1-2H3/t11-,13?/m0/s1. The van der Waals surface area contributed by atoms with Crippen LogP contribution in [0.25, 0.3) is 0 Å². The molecule has 0 amide bonds. The van der Waals surface area contributed by atoms with Crippen LogP contribution in [0.15, 0.2) is 24.3 Å². The highest BCUT2D eigenvalue weighted by Gasteiger charge is 2.36. The molecule has 3 nitrogen and oxygen atoms in total. The van der Waals surface area contributed by atoms with Crippen molar-refractivity contribution in [3.8, 4) is 0 Å². The third-order valence-electron chi connectivity index (χ3n) is 3.12. The summed E-state index contributed by atoms with van der Waals surface area (Å²) in [6, 6.07) is 7.60. The number of rotatable bonds is 3. The molecule has 0 aromatic heterocycles. The van der Waals surface area contributed by atoms with Crippen molar-refractivity contribution in [1.82, 2.24) is 5.32 Å². The van der Waals surface area contributed by atoms with Gasteiger partial charge in [-0.3, -0.25) is 4.79 Å². The third-order valence-corrected chi connectivity index (χ3v) is 3.46. The number of halogens is 1. The van der Waals surface area contributed by atoms with Gasteiger partial charge in [-0.2, -0.15) is 0 Å². The Morgan fingerprint density at radius 3 is 2.83 bits per heavy atom. The number of hydrogen-bond acceptors (Lipinski definition) is 3. The number of nitrogens with one attached hydrogen (secondary N) is 1. The fourth-order valence-electron chi connectivity index (χ4n) is 2.33. The summed E-state index contributed by atoms with van der Waals surface area (Å²) in [4.78, 5) is 12.0. The molecule has 0 bridgehead atoms. The van der Waals surface area contributed by atoms with E-state index in [-0.39, 0.29) is 24.0 Å². The number of benzene rings is 1. The van der Waals surface area contributed by atoms with Gasteiger partial charge in [-0.05, 0) is 38.4 Å². The Kier molecular flexibility index (Phi) is 4.25. The van der Waals surface area contributed by atoms with Crippen LogP contribution >= 0.6 is 11.6 Å². The van der Waals surface area contributed by atoms with Crippen LogP contribution < -0.4 is 5.32 Å². The van der Waals surface area contributed by atoms with Gasteiger partial charge in [-0.25, -0.2) is 0 Å². The van der Waals surface area contributed by atoms with Crippen LogP contribution in [0.4, 0.5) is 0 Å². The van der Waals surface area contributed by atoms with Gasteiger partial charge < -0.3 is 10.1 Å². The second-order valence-corrected chi connectivity index (χ2v) is 5.24. The lowest BCUT2D eigenvalue weighted by Gasteiger charge is -2.21. The van der Waals surface area contributed by atoms with Gasteiger partial charge in [0.25, 0.3) is 0 Å². The molecule has 1 aliphatic rings. The quantitative estimate of drug-likeness (QED) is 0.856. The maximum atomic E-state index is 12.0. The van der Waals surface area contributed by atoms with Crippen LogP contribution in [0.3, 0.4) is 0 Å². The largest absolute Gasteiger partial charge is 0.463 e. The molecule has 2 atom stereocenters. The van der Waals surface area contributed by atoms with Crippen molar-refractivity contribution in [3.05, 3.63) is 34.9 Å². The lowest BCUT2D eigenvalue weighted by molar-refractivity contribution is -0.152. The average molecular weight is 268 g/mol. The molecule has 1 aromatic carbocycles. The molecule has 1 aromatic rings. The molecular formula is C14H18ClNO2. The van der Waals surface area contributed by atoms with E-state index in [9.17, 15) is 4.79 Å². The Morgan fingerprint density at radius 1 is 1.44 bits per heavy atom. The van der Waals surface area contributed by atoms with E-state index in [0.717, 1.165) is 18.5 Å². The molecule has 98 valence electrons. The Hall–Kier alpha value is -1.06. The highest BCUT2D eigenvalue weighted by Crippen LogP contribution is 2.34. The van der Waals surface area contributed by atoms with Crippen molar-refractivity contribution in [2.75, 3.05) is 6.54 Å². The van der Waals surface area contributed by atoms with Gasteiger partial charge in [0.15, 0.2) is 0 Å². The fraction of sp³-hybridized carbons (Fsp3) is 0.500. The van der Waals surface area contributed by atoms with E-state index < -0.39 is 0 Å². The second kappa shape index (κ2) is 5.72. The zero-order chi connectivity index (χ0) is 13.1. The van der Waals surface area contributed by atoms with Crippen molar-refractivity contribution in [2.45, 2.75) is 32.4 Å². The Labute approximate surface area is 112 Å². The van der Waals surface area contributed by atoms with Gasteiger partial charge in [0, 0.05) is 11.1 Å². The molecule has 1 unspecified atom stereocenters. The normalized spacial score (nSPS) is 23.3. The predicted molar refractivity (Wildman–Crippen MR) is 71.5 cm³/mol. The van der Waals surface area contributed by atoms with Crippen LogP contribution in [-0.2, 0) is 9.53 Å². The van der Waals surface area contributed by atoms with Gasteiger partial charge in [0.05, 0.1) is 12.0 Å². The van der Waals surface area contributed by atoms with Crippen LogP contribution in [0.5, 0.6) is 0 Å². The molecule has 18 heavy (non-hydrogen) atoms. The molecular weight excluding hydrogens is 250 g/mol. The molecule has 0 aliphatic carbocycles. The smallest absolute Gasteiger partial charge is 0.311 e. The minimum absolute atomic E-state index is 0.0371. The van der Waals surface area contributed by atoms with E-state index in [0.29, 0.717) is 5.02 Å². The first-order chi connectivity index (χ1) is 8.59. The van der Waals surface area contributed by atoms with E-state index in [2.05, 4.69) is 5.32 Å². The Balaban J connectivity index is 2.18. The van der Waals surface area contributed by atoms with E-state index >= 15 is 0 Å². The Morgan fingerprint density at radius 2 is 2.17 bits per heavy atom. The summed E-state index contributed by atoms with van der Waals surface area (Å²) in [6.45, 7) is 4.54. The zero-order valence-electron chi connectivity index (χ0n) is 10.7. The number of carbonyl (C=O) groups is 1.